The Morgan fingerprint density at radius 3 is 2.42 bits per heavy atom. The minimum Gasteiger partial charge on any atom is -0.398 e. The molecular weight excluding hydrogens is 377 g/mol. The van der Waals surface area contributed by atoms with E-state index in [4.69, 9.17) is 34.1 Å². The maximum atomic E-state index is 12.3. The SMILES string of the molecule is Nc1ccccc1CNC(=O)CC(CC(=O)NO)c1ccc(Cl)cc1Cl. The van der Waals surface area contributed by atoms with Gasteiger partial charge in [0.25, 0.3) is 0 Å². The first-order valence-corrected chi connectivity index (χ1v) is 8.64. The molecule has 6 nitrogen and oxygen atoms in total. The number of hydrogen-bond donors (Lipinski definition) is 4. The van der Waals surface area contributed by atoms with Crippen molar-refractivity contribution in [1.82, 2.24) is 10.8 Å². The molecule has 0 fully saturated rings. The number of anilines is 1. The summed E-state index contributed by atoms with van der Waals surface area (Å²) in [5, 5.41) is 12.4. The highest BCUT2D eigenvalue weighted by atomic mass is 35.5. The largest absolute Gasteiger partial charge is 0.398 e. The van der Waals surface area contributed by atoms with Gasteiger partial charge in [0.2, 0.25) is 11.8 Å². The average Bonchev–Trinajstić information content (AvgIpc) is 2.60. The molecule has 2 aromatic rings. The van der Waals surface area contributed by atoms with Crippen LogP contribution in [0.3, 0.4) is 0 Å². The lowest BCUT2D eigenvalue weighted by Crippen LogP contribution is -2.28. The van der Waals surface area contributed by atoms with E-state index < -0.39 is 11.8 Å². The van der Waals surface area contributed by atoms with Gasteiger partial charge in [-0.3, -0.25) is 14.8 Å². The number of hydrogen-bond acceptors (Lipinski definition) is 4. The van der Waals surface area contributed by atoms with Crippen LogP contribution in [0.25, 0.3) is 0 Å². The number of nitrogens with two attached hydrogens (primary N) is 1. The lowest BCUT2D eigenvalue weighted by Gasteiger charge is -2.18. The summed E-state index contributed by atoms with van der Waals surface area (Å²) in [6.45, 7) is 0.277. The predicted octanol–water partition coefficient (Wildman–Crippen LogP) is 3.26. The normalized spacial score (nSPS) is 11.7. The first kappa shape index (κ1) is 20.0. The fraction of sp³-hybridized carbons (Fsp3) is 0.222. The molecule has 0 saturated heterocycles. The van der Waals surface area contributed by atoms with Crippen LogP contribution in [-0.4, -0.2) is 17.0 Å². The molecule has 0 aliphatic carbocycles. The number of halogens is 2. The molecule has 138 valence electrons. The lowest BCUT2D eigenvalue weighted by atomic mass is 9.91. The Balaban J connectivity index is 2.09. The quantitative estimate of drug-likeness (QED) is 0.328. The number of hydroxylamine groups is 1. The minimum absolute atomic E-state index is 0.0154. The van der Waals surface area contributed by atoms with Crippen molar-refractivity contribution >= 4 is 40.7 Å². The molecule has 8 heteroatoms. The van der Waals surface area contributed by atoms with E-state index in [0.29, 0.717) is 21.3 Å². The zero-order valence-corrected chi connectivity index (χ0v) is 15.3. The van der Waals surface area contributed by atoms with Gasteiger partial charge in [-0.05, 0) is 29.3 Å². The van der Waals surface area contributed by atoms with Crippen LogP contribution >= 0.6 is 23.2 Å². The van der Waals surface area contributed by atoms with Crippen molar-refractivity contribution in [2.75, 3.05) is 5.73 Å². The van der Waals surface area contributed by atoms with Gasteiger partial charge in [-0.2, -0.15) is 0 Å². The third kappa shape index (κ3) is 5.62. The zero-order chi connectivity index (χ0) is 19.1. The minimum atomic E-state index is -0.610. The van der Waals surface area contributed by atoms with Crippen molar-refractivity contribution in [3.05, 3.63) is 63.6 Å². The third-order valence-corrected chi connectivity index (χ3v) is 4.48. The maximum absolute atomic E-state index is 12.3. The van der Waals surface area contributed by atoms with Gasteiger partial charge in [-0.1, -0.05) is 47.5 Å². The van der Waals surface area contributed by atoms with Crippen molar-refractivity contribution in [3.8, 4) is 0 Å². The molecule has 0 saturated carbocycles. The van der Waals surface area contributed by atoms with Crippen LogP contribution in [0, 0.1) is 0 Å². The van der Waals surface area contributed by atoms with Crippen molar-refractivity contribution in [3.63, 3.8) is 0 Å². The van der Waals surface area contributed by atoms with E-state index in [1.54, 1.807) is 29.7 Å². The van der Waals surface area contributed by atoms with Crippen molar-refractivity contribution < 1.29 is 14.8 Å². The highest BCUT2D eigenvalue weighted by Crippen LogP contribution is 2.32. The molecule has 1 atom stereocenters. The molecule has 0 heterocycles. The molecule has 0 spiro atoms. The molecular formula is C18H19Cl2N3O3. The van der Waals surface area contributed by atoms with Gasteiger partial charge in [-0.25, -0.2) is 5.48 Å². The Morgan fingerprint density at radius 2 is 1.77 bits per heavy atom. The summed E-state index contributed by atoms with van der Waals surface area (Å²) in [6, 6.07) is 12.1. The van der Waals surface area contributed by atoms with Crippen molar-refractivity contribution in [2.45, 2.75) is 25.3 Å². The average molecular weight is 396 g/mol. The molecule has 5 N–H and O–H groups in total. The molecule has 2 rings (SSSR count). The van der Waals surface area contributed by atoms with E-state index in [2.05, 4.69) is 5.32 Å². The topological polar surface area (TPSA) is 104 Å². The number of rotatable bonds is 7. The van der Waals surface area contributed by atoms with E-state index in [0.717, 1.165) is 5.56 Å². The van der Waals surface area contributed by atoms with Gasteiger partial charge >= 0.3 is 0 Å². The van der Waals surface area contributed by atoms with E-state index in [9.17, 15) is 9.59 Å². The lowest BCUT2D eigenvalue weighted by molar-refractivity contribution is -0.129. The Morgan fingerprint density at radius 1 is 1.08 bits per heavy atom. The number of amides is 2. The van der Waals surface area contributed by atoms with Crippen molar-refractivity contribution in [2.24, 2.45) is 0 Å². The van der Waals surface area contributed by atoms with Gasteiger partial charge in [0.05, 0.1) is 0 Å². The number of nitrogens with one attached hydrogen (secondary N) is 2. The second kappa shape index (κ2) is 9.43. The highest BCUT2D eigenvalue weighted by molar-refractivity contribution is 6.35. The summed E-state index contributed by atoms with van der Waals surface area (Å²) in [4.78, 5) is 23.9. The number of nitrogen functional groups attached to an aromatic ring is 1. The first-order chi connectivity index (χ1) is 12.4. The predicted molar refractivity (Wildman–Crippen MR) is 101 cm³/mol. The fourth-order valence-corrected chi connectivity index (χ4v) is 3.14. The number of carbonyl (C=O) groups excluding carboxylic acids is 2. The summed E-state index contributed by atoms with van der Waals surface area (Å²) >= 11 is 12.1. The molecule has 2 amide bonds. The molecule has 2 aromatic carbocycles. The van der Waals surface area contributed by atoms with Crippen LogP contribution in [-0.2, 0) is 16.1 Å². The number of para-hydroxylation sites is 1. The van der Waals surface area contributed by atoms with E-state index >= 15 is 0 Å². The second-order valence-corrected chi connectivity index (χ2v) is 6.63. The molecule has 0 radical (unpaired) electrons. The van der Waals surface area contributed by atoms with Gasteiger partial charge in [0, 0.05) is 41.0 Å². The van der Waals surface area contributed by atoms with Crippen LogP contribution in [0.5, 0.6) is 0 Å². The molecule has 26 heavy (non-hydrogen) atoms. The van der Waals surface area contributed by atoms with Crippen molar-refractivity contribution in [1.29, 1.82) is 0 Å². The fourth-order valence-electron chi connectivity index (χ4n) is 2.58. The van der Waals surface area contributed by atoms with Crippen LogP contribution in [0.15, 0.2) is 42.5 Å². The van der Waals surface area contributed by atoms with Crippen LogP contribution in [0.4, 0.5) is 5.69 Å². The van der Waals surface area contributed by atoms with Crippen LogP contribution in [0.1, 0.15) is 29.9 Å². The van der Waals surface area contributed by atoms with Gasteiger partial charge in [0.15, 0.2) is 0 Å². The van der Waals surface area contributed by atoms with Crippen LogP contribution in [0.2, 0.25) is 10.0 Å². The van der Waals surface area contributed by atoms with Crippen LogP contribution < -0.4 is 16.5 Å². The second-order valence-electron chi connectivity index (χ2n) is 5.78. The van der Waals surface area contributed by atoms with E-state index in [1.807, 2.05) is 18.2 Å². The monoisotopic (exact) mass is 395 g/mol. The molecule has 1 unspecified atom stereocenters. The molecule has 0 bridgehead atoms. The Kier molecular flexibility index (Phi) is 7.26. The highest BCUT2D eigenvalue weighted by Gasteiger charge is 2.22. The smallest absolute Gasteiger partial charge is 0.243 e. The van der Waals surface area contributed by atoms with E-state index in [1.165, 1.54) is 0 Å². The van der Waals surface area contributed by atoms with Gasteiger partial charge in [-0.15, -0.1) is 0 Å². The molecule has 0 aromatic heterocycles. The summed E-state index contributed by atoms with van der Waals surface area (Å²) in [5.41, 5.74) is 9.43. The maximum Gasteiger partial charge on any atom is 0.243 e. The third-order valence-electron chi connectivity index (χ3n) is 3.92. The Bertz CT molecular complexity index is 799. The Labute approximate surface area is 161 Å². The summed E-state index contributed by atoms with van der Waals surface area (Å²) in [6.07, 6.45) is -0.0831. The summed E-state index contributed by atoms with van der Waals surface area (Å²) < 4.78 is 0. The summed E-state index contributed by atoms with van der Waals surface area (Å²) in [7, 11) is 0. The van der Waals surface area contributed by atoms with Gasteiger partial charge in [0.1, 0.15) is 0 Å². The van der Waals surface area contributed by atoms with Gasteiger partial charge < -0.3 is 11.1 Å². The zero-order valence-electron chi connectivity index (χ0n) is 13.8. The molecule has 0 aliphatic heterocycles. The Hall–Kier alpha value is -2.28. The van der Waals surface area contributed by atoms with E-state index in [-0.39, 0.29) is 25.3 Å². The number of carbonyl (C=O) groups is 2. The summed E-state index contributed by atoms with van der Waals surface area (Å²) in [5.74, 6) is -1.39. The standard InChI is InChI=1S/C18H19Cl2N3O3/c19-13-5-6-14(15(20)9-13)12(8-18(25)23-26)7-17(24)22-10-11-3-1-2-4-16(11)21/h1-6,9,12,26H,7-8,10,21H2,(H,22,24)(H,23,25). The molecule has 0 aliphatic rings. The first-order valence-electron chi connectivity index (χ1n) is 7.88. The number of benzene rings is 2.